The second-order valence-corrected chi connectivity index (χ2v) is 21.2. The van der Waals surface area contributed by atoms with E-state index in [9.17, 15) is 34.8 Å². The zero-order valence-corrected chi connectivity index (χ0v) is 35.6. The van der Waals surface area contributed by atoms with Gasteiger partial charge in [0, 0.05) is 20.0 Å². The van der Waals surface area contributed by atoms with Crippen molar-refractivity contribution >= 4 is 18.3 Å². The van der Waals surface area contributed by atoms with Crippen LogP contribution in [-0.4, -0.2) is 88.6 Å². The van der Waals surface area contributed by atoms with Crippen molar-refractivity contribution in [2.45, 2.75) is 182 Å². The van der Waals surface area contributed by atoms with Crippen LogP contribution in [0.3, 0.4) is 0 Å². The van der Waals surface area contributed by atoms with Crippen LogP contribution in [0, 0.1) is 56.2 Å². The Morgan fingerprint density at radius 1 is 0.857 bits per heavy atom. The van der Waals surface area contributed by atoms with Gasteiger partial charge >= 0.3 is 0 Å². The van der Waals surface area contributed by atoms with Crippen molar-refractivity contribution in [1.82, 2.24) is 10.6 Å². The minimum atomic E-state index is -1.63. The van der Waals surface area contributed by atoms with Crippen molar-refractivity contribution < 1.29 is 44.3 Å². The van der Waals surface area contributed by atoms with Crippen LogP contribution < -0.4 is 10.6 Å². The lowest BCUT2D eigenvalue weighted by molar-refractivity contribution is -0.308. The molecule has 2 amide bonds. The molecule has 318 valence electrons. The molecule has 5 fully saturated rings. The Bertz CT molecular complexity index is 1500. The molecule has 0 bridgehead atoms. The zero-order valence-electron chi connectivity index (χ0n) is 35.6. The first-order valence-electron chi connectivity index (χ1n) is 21.9. The fourth-order valence-electron chi connectivity index (χ4n) is 14.1. The highest BCUT2D eigenvalue weighted by atomic mass is 16.7. The van der Waals surface area contributed by atoms with E-state index in [1.165, 1.54) is 5.57 Å². The lowest BCUT2D eigenvalue weighted by Crippen LogP contribution is -2.67. The third-order valence-electron chi connectivity index (χ3n) is 17.5. The SMILES string of the molecule is CC(=O)NCCCCCCNC(=O)[C@]12CCC(C)(C)CC1C1=CCC3[C@@]4(C)CC[C@H]([C@H](O)[C@@H]5OC(OC=O)[C@@H](O)[C@H](O)C5O)C(C)(C)C4CC[C@@]3(C)[C@]1(C)CC2. The Morgan fingerprint density at radius 2 is 1.52 bits per heavy atom. The number of carbonyl (C=O) groups is 3. The van der Waals surface area contributed by atoms with E-state index in [2.05, 4.69) is 65.2 Å². The summed E-state index contributed by atoms with van der Waals surface area (Å²) in [5, 5.41) is 50.2. The first-order valence-corrected chi connectivity index (χ1v) is 21.9. The summed E-state index contributed by atoms with van der Waals surface area (Å²) < 4.78 is 10.7. The van der Waals surface area contributed by atoms with Crippen molar-refractivity contribution in [1.29, 1.82) is 0 Å². The summed E-state index contributed by atoms with van der Waals surface area (Å²) in [6, 6.07) is 0. The topological polar surface area (TPSA) is 175 Å². The van der Waals surface area contributed by atoms with E-state index in [0.717, 1.165) is 83.5 Å². The molecule has 0 aromatic rings. The Labute approximate surface area is 335 Å². The number of aliphatic hydroxyl groups excluding tert-OH is 4. The number of fused-ring (bicyclic) bond motifs is 7. The van der Waals surface area contributed by atoms with Gasteiger partial charge in [-0.2, -0.15) is 0 Å². The lowest BCUT2D eigenvalue weighted by atomic mass is 9.33. The van der Waals surface area contributed by atoms with Gasteiger partial charge in [-0.3, -0.25) is 14.4 Å². The Hall–Kier alpha value is -2.05. The molecule has 5 unspecified atom stereocenters. The van der Waals surface area contributed by atoms with Crippen LogP contribution in [0.5, 0.6) is 0 Å². The highest BCUT2D eigenvalue weighted by molar-refractivity contribution is 5.84. The van der Waals surface area contributed by atoms with Gasteiger partial charge in [0.2, 0.25) is 18.1 Å². The van der Waals surface area contributed by atoms with E-state index in [1.54, 1.807) is 6.92 Å². The van der Waals surface area contributed by atoms with Crippen LogP contribution >= 0.6 is 0 Å². The first-order chi connectivity index (χ1) is 26.2. The predicted octanol–water partition coefficient (Wildman–Crippen LogP) is 5.56. The van der Waals surface area contributed by atoms with Crippen molar-refractivity contribution in [3.05, 3.63) is 11.6 Å². The highest BCUT2D eigenvalue weighted by Crippen LogP contribution is 2.76. The molecule has 56 heavy (non-hydrogen) atoms. The summed E-state index contributed by atoms with van der Waals surface area (Å²) in [5.74, 6) is 0.925. The van der Waals surface area contributed by atoms with Crippen LogP contribution in [0.25, 0.3) is 0 Å². The maximum absolute atomic E-state index is 14.5. The van der Waals surface area contributed by atoms with Gasteiger partial charge in [0.1, 0.15) is 24.4 Å². The van der Waals surface area contributed by atoms with Gasteiger partial charge < -0.3 is 40.5 Å². The Balaban J connectivity index is 1.21. The van der Waals surface area contributed by atoms with E-state index in [1.807, 2.05) is 0 Å². The van der Waals surface area contributed by atoms with E-state index in [4.69, 9.17) is 9.47 Å². The summed E-state index contributed by atoms with van der Waals surface area (Å²) in [6.45, 7) is 19.9. The number of rotatable bonds is 12. The van der Waals surface area contributed by atoms with Gasteiger partial charge in [-0.05, 0) is 128 Å². The molecule has 1 saturated heterocycles. The molecular weight excluding hydrogens is 712 g/mol. The Kier molecular flexibility index (Phi) is 12.3. The molecule has 5 aliphatic carbocycles. The number of carbonyl (C=O) groups excluding carboxylic acids is 3. The monoisotopic (exact) mass is 787 g/mol. The molecule has 11 nitrogen and oxygen atoms in total. The smallest absolute Gasteiger partial charge is 0.295 e. The van der Waals surface area contributed by atoms with E-state index in [0.29, 0.717) is 25.4 Å². The minimum absolute atomic E-state index is 0.00897. The number of unbranched alkanes of at least 4 members (excludes halogenated alkanes) is 3. The number of hydrogen-bond acceptors (Lipinski definition) is 9. The molecule has 0 aromatic heterocycles. The molecule has 6 N–H and O–H groups in total. The fraction of sp³-hybridized carbons (Fsp3) is 0.889. The van der Waals surface area contributed by atoms with Crippen LogP contribution in [0.1, 0.15) is 145 Å². The Morgan fingerprint density at radius 3 is 2.18 bits per heavy atom. The zero-order chi connectivity index (χ0) is 41.1. The van der Waals surface area contributed by atoms with Crippen LogP contribution in [0.15, 0.2) is 11.6 Å². The second-order valence-electron chi connectivity index (χ2n) is 21.2. The van der Waals surface area contributed by atoms with E-state index in [-0.39, 0.29) is 68.5 Å². The maximum Gasteiger partial charge on any atom is 0.295 e. The molecule has 0 aromatic carbocycles. The minimum Gasteiger partial charge on any atom is -0.435 e. The molecule has 4 saturated carbocycles. The number of amides is 2. The molecule has 0 spiro atoms. The quantitative estimate of drug-likeness (QED) is 0.0842. The van der Waals surface area contributed by atoms with E-state index < -0.39 is 36.8 Å². The number of nitrogens with one attached hydrogen (secondary N) is 2. The van der Waals surface area contributed by atoms with E-state index >= 15 is 0 Å². The number of hydrogen-bond donors (Lipinski definition) is 6. The molecule has 1 heterocycles. The second kappa shape index (κ2) is 15.9. The van der Waals surface area contributed by atoms with Crippen molar-refractivity contribution in [2.24, 2.45) is 56.2 Å². The normalized spacial score (nSPS) is 44.4. The van der Waals surface area contributed by atoms with Gasteiger partial charge in [0.05, 0.1) is 11.5 Å². The van der Waals surface area contributed by atoms with Crippen LogP contribution in [-0.2, 0) is 23.9 Å². The van der Waals surface area contributed by atoms with Crippen LogP contribution in [0.2, 0.25) is 0 Å². The summed E-state index contributed by atoms with van der Waals surface area (Å²) in [5.41, 5.74) is 0.960. The maximum atomic E-state index is 14.5. The summed E-state index contributed by atoms with van der Waals surface area (Å²) in [7, 11) is 0. The average molecular weight is 787 g/mol. The number of aliphatic hydroxyl groups is 4. The van der Waals surface area contributed by atoms with Gasteiger partial charge in [0.25, 0.3) is 6.47 Å². The van der Waals surface area contributed by atoms with Gasteiger partial charge in [0.15, 0.2) is 0 Å². The molecule has 1 aliphatic heterocycles. The van der Waals surface area contributed by atoms with Gasteiger partial charge in [-0.25, -0.2) is 0 Å². The highest BCUT2D eigenvalue weighted by Gasteiger charge is 2.69. The molecule has 14 atom stereocenters. The van der Waals surface area contributed by atoms with Crippen LogP contribution in [0.4, 0.5) is 0 Å². The molecule has 0 radical (unpaired) electrons. The number of ether oxygens (including phenoxy) is 2. The molecule has 6 rings (SSSR count). The van der Waals surface area contributed by atoms with Crippen molar-refractivity contribution in [3.8, 4) is 0 Å². The summed E-state index contributed by atoms with van der Waals surface area (Å²) in [4.78, 5) is 36.7. The largest absolute Gasteiger partial charge is 0.435 e. The lowest BCUT2D eigenvalue weighted by Gasteiger charge is -2.71. The van der Waals surface area contributed by atoms with Crippen molar-refractivity contribution in [2.75, 3.05) is 13.1 Å². The molecule has 11 heteroatoms. The third-order valence-corrected chi connectivity index (χ3v) is 17.5. The van der Waals surface area contributed by atoms with Gasteiger partial charge in [-0.15, -0.1) is 0 Å². The summed E-state index contributed by atoms with van der Waals surface area (Å²) >= 11 is 0. The standard InChI is InChI=1S/C45H74N2O9/c1-27(49)46-23-11-9-10-12-24-47-39(54)45-21-19-40(2,3)25-30(45)28-13-14-32-42(6)17-15-29(33(50)37-35(52)34(51)36(53)38(56-37)55-26-48)41(4,5)31(42)16-18-44(32,8)43(28,7)20-22-45/h13,26,29-38,50-53H,9-12,14-25H2,1-8H3,(H,46,49)(H,47,54)/t29-,30?,31?,32?,33+,34-,35?,36+,37+,38?,42+,43-,44-,45+/m1/s1. The average Bonchev–Trinajstić information content (AvgIpc) is 3.12. The van der Waals surface area contributed by atoms with Crippen molar-refractivity contribution in [3.63, 3.8) is 0 Å². The molecular formula is C45H74N2O9. The molecule has 6 aliphatic rings. The summed E-state index contributed by atoms with van der Waals surface area (Å²) in [6.07, 6.45) is 7.48. The predicted molar refractivity (Wildman–Crippen MR) is 213 cm³/mol. The first kappa shape index (κ1) is 43.5. The van der Waals surface area contributed by atoms with Gasteiger partial charge in [-0.1, -0.05) is 73.0 Å². The third kappa shape index (κ3) is 7.19. The number of allylic oxidation sites excluding steroid dienone is 2. The fourth-order valence-corrected chi connectivity index (χ4v) is 14.1.